The molecule has 0 spiro atoms. The molecule has 134 valence electrons. The third-order valence-electron chi connectivity index (χ3n) is 4.68. The van der Waals surface area contributed by atoms with Crippen LogP contribution in [-0.2, 0) is 13.0 Å². The normalized spacial score (nSPS) is 10.6. The summed E-state index contributed by atoms with van der Waals surface area (Å²) in [6.45, 7) is 6.84. The Morgan fingerprint density at radius 2 is 1.81 bits per heavy atom. The maximum absolute atomic E-state index is 6.19. The Morgan fingerprint density at radius 1 is 1.00 bits per heavy atom. The van der Waals surface area contributed by atoms with E-state index in [0.29, 0.717) is 6.61 Å². The summed E-state index contributed by atoms with van der Waals surface area (Å²) in [6, 6.07) is 18.7. The lowest BCUT2D eigenvalue weighted by Crippen LogP contribution is -2.04. The van der Waals surface area contributed by atoms with Crippen LogP contribution in [0.4, 0.5) is 5.69 Å². The highest BCUT2D eigenvalue weighted by atomic mass is 16.5. The molecule has 1 aromatic heterocycles. The third-order valence-corrected chi connectivity index (χ3v) is 4.68. The van der Waals surface area contributed by atoms with Crippen molar-refractivity contribution >= 4 is 5.69 Å². The Hall–Kier alpha value is -2.81. The Balaban J connectivity index is 1.85. The van der Waals surface area contributed by atoms with Crippen LogP contribution in [0.25, 0.3) is 11.3 Å². The number of ether oxygens (including phenoxy) is 1. The molecule has 0 aliphatic heterocycles. The van der Waals surface area contributed by atoms with Crippen molar-refractivity contribution in [3.63, 3.8) is 0 Å². The highest BCUT2D eigenvalue weighted by Crippen LogP contribution is 2.28. The SMILES string of the molecule is CCc1cc(-c2cccc(C)n2)ccc1OCc1c(C)cccc1NC. The number of hydrogen-bond acceptors (Lipinski definition) is 3. The summed E-state index contributed by atoms with van der Waals surface area (Å²) < 4.78 is 6.19. The van der Waals surface area contributed by atoms with E-state index in [1.807, 2.05) is 26.1 Å². The van der Waals surface area contributed by atoms with Gasteiger partial charge in [0.2, 0.25) is 0 Å². The Labute approximate surface area is 156 Å². The van der Waals surface area contributed by atoms with Gasteiger partial charge in [-0.05, 0) is 67.8 Å². The van der Waals surface area contributed by atoms with Crippen LogP contribution in [0.2, 0.25) is 0 Å². The number of aromatic nitrogens is 1. The van der Waals surface area contributed by atoms with Crippen LogP contribution >= 0.6 is 0 Å². The van der Waals surface area contributed by atoms with Gasteiger partial charge in [0.1, 0.15) is 12.4 Å². The second kappa shape index (κ2) is 8.05. The molecular formula is C23H26N2O. The smallest absolute Gasteiger partial charge is 0.123 e. The zero-order valence-electron chi connectivity index (χ0n) is 16.0. The molecule has 2 aromatic carbocycles. The largest absolute Gasteiger partial charge is 0.489 e. The minimum Gasteiger partial charge on any atom is -0.489 e. The minimum absolute atomic E-state index is 0.553. The fourth-order valence-electron chi connectivity index (χ4n) is 3.14. The van der Waals surface area contributed by atoms with Crippen LogP contribution in [-0.4, -0.2) is 12.0 Å². The van der Waals surface area contributed by atoms with Crippen molar-refractivity contribution in [1.29, 1.82) is 0 Å². The van der Waals surface area contributed by atoms with Crippen LogP contribution in [0.3, 0.4) is 0 Å². The summed E-state index contributed by atoms with van der Waals surface area (Å²) in [5.41, 5.74) is 7.90. The van der Waals surface area contributed by atoms with Gasteiger partial charge in [-0.3, -0.25) is 4.98 Å². The molecule has 3 nitrogen and oxygen atoms in total. The average molecular weight is 346 g/mol. The Morgan fingerprint density at radius 3 is 2.54 bits per heavy atom. The van der Waals surface area contributed by atoms with Gasteiger partial charge in [0, 0.05) is 29.6 Å². The number of hydrogen-bond donors (Lipinski definition) is 1. The van der Waals surface area contributed by atoms with E-state index in [0.717, 1.165) is 34.8 Å². The molecule has 0 atom stereocenters. The van der Waals surface area contributed by atoms with Gasteiger partial charge in [0.05, 0.1) is 5.69 Å². The minimum atomic E-state index is 0.553. The van der Waals surface area contributed by atoms with Gasteiger partial charge in [-0.1, -0.05) is 25.1 Å². The van der Waals surface area contributed by atoms with E-state index in [1.54, 1.807) is 0 Å². The van der Waals surface area contributed by atoms with Gasteiger partial charge in [-0.25, -0.2) is 0 Å². The molecule has 1 heterocycles. The molecule has 0 saturated heterocycles. The lowest BCUT2D eigenvalue weighted by atomic mass is 10.0. The Kier molecular flexibility index (Phi) is 5.57. The number of nitrogens with one attached hydrogen (secondary N) is 1. The summed E-state index contributed by atoms with van der Waals surface area (Å²) in [7, 11) is 1.94. The first kappa shape index (κ1) is 18.0. The van der Waals surface area contributed by atoms with E-state index >= 15 is 0 Å². The molecular weight excluding hydrogens is 320 g/mol. The molecule has 0 aliphatic carbocycles. The second-order valence-electron chi connectivity index (χ2n) is 6.48. The molecule has 0 saturated carbocycles. The van der Waals surface area contributed by atoms with Crippen LogP contribution in [0.15, 0.2) is 54.6 Å². The first-order valence-corrected chi connectivity index (χ1v) is 9.08. The fraction of sp³-hybridized carbons (Fsp3) is 0.261. The van der Waals surface area contributed by atoms with Crippen LogP contribution < -0.4 is 10.1 Å². The lowest BCUT2D eigenvalue weighted by Gasteiger charge is -2.16. The summed E-state index contributed by atoms with van der Waals surface area (Å²) >= 11 is 0. The average Bonchev–Trinajstić information content (AvgIpc) is 2.66. The predicted molar refractivity (Wildman–Crippen MR) is 109 cm³/mol. The molecule has 0 radical (unpaired) electrons. The zero-order valence-corrected chi connectivity index (χ0v) is 16.0. The van der Waals surface area contributed by atoms with Gasteiger partial charge in [0.25, 0.3) is 0 Å². The highest BCUT2D eigenvalue weighted by molar-refractivity contribution is 5.62. The van der Waals surface area contributed by atoms with E-state index in [1.165, 1.54) is 16.7 Å². The molecule has 0 fully saturated rings. The van der Waals surface area contributed by atoms with E-state index in [4.69, 9.17) is 4.74 Å². The molecule has 3 aromatic rings. The highest BCUT2D eigenvalue weighted by Gasteiger charge is 2.09. The van der Waals surface area contributed by atoms with Gasteiger partial charge in [0.15, 0.2) is 0 Å². The van der Waals surface area contributed by atoms with Crippen LogP contribution in [0.1, 0.15) is 29.3 Å². The number of pyridine rings is 1. The molecule has 0 bridgehead atoms. The van der Waals surface area contributed by atoms with E-state index in [2.05, 4.69) is 66.6 Å². The fourth-order valence-corrected chi connectivity index (χ4v) is 3.14. The third kappa shape index (κ3) is 3.88. The molecule has 0 amide bonds. The van der Waals surface area contributed by atoms with Gasteiger partial charge < -0.3 is 10.1 Å². The van der Waals surface area contributed by atoms with Crippen LogP contribution in [0.5, 0.6) is 5.75 Å². The van der Waals surface area contributed by atoms with Crippen molar-refractivity contribution < 1.29 is 4.74 Å². The van der Waals surface area contributed by atoms with E-state index < -0.39 is 0 Å². The van der Waals surface area contributed by atoms with Crippen LogP contribution in [0, 0.1) is 13.8 Å². The first-order chi connectivity index (χ1) is 12.6. The molecule has 3 heteroatoms. The van der Waals surface area contributed by atoms with Gasteiger partial charge >= 0.3 is 0 Å². The second-order valence-corrected chi connectivity index (χ2v) is 6.48. The number of nitrogens with zero attached hydrogens (tertiary/aromatic N) is 1. The van der Waals surface area contributed by atoms with E-state index in [9.17, 15) is 0 Å². The summed E-state index contributed by atoms with van der Waals surface area (Å²) in [5.74, 6) is 0.939. The summed E-state index contributed by atoms with van der Waals surface area (Å²) in [5, 5.41) is 3.25. The van der Waals surface area contributed by atoms with Gasteiger partial charge in [-0.2, -0.15) is 0 Å². The standard InChI is InChI=1S/C23H26N2O/c1-5-18-14-19(21-10-7-9-17(3)25-21)12-13-23(18)26-15-20-16(2)8-6-11-22(20)24-4/h6-14,24H,5,15H2,1-4H3. The first-order valence-electron chi connectivity index (χ1n) is 9.08. The van der Waals surface area contributed by atoms with Crippen molar-refractivity contribution in [1.82, 2.24) is 4.98 Å². The van der Waals surface area contributed by atoms with Crippen molar-refractivity contribution in [3.05, 3.63) is 77.0 Å². The zero-order chi connectivity index (χ0) is 18.5. The lowest BCUT2D eigenvalue weighted by molar-refractivity contribution is 0.303. The monoisotopic (exact) mass is 346 g/mol. The van der Waals surface area contributed by atoms with Crippen molar-refractivity contribution in [3.8, 4) is 17.0 Å². The molecule has 0 aliphatic rings. The predicted octanol–water partition coefficient (Wildman–Crippen LogP) is 5.55. The Bertz CT molecular complexity index is 902. The maximum atomic E-state index is 6.19. The topological polar surface area (TPSA) is 34.1 Å². The van der Waals surface area contributed by atoms with Gasteiger partial charge in [-0.15, -0.1) is 0 Å². The number of benzene rings is 2. The molecule has 3 rings (SSSR count). The van der Waals surface area contributed by atoms with E-state index in [-0.39, 0.29) is 0 Å². The van der Waals surface area contributed by atoms with Crippen molar-refractivity contribution in [2.24, 2.45) is 0 Å². The van der Waals surface area contributed by atoms with Crippen molar-refractivity contribution in [2.75, 3.05) is 12.4 Å². The quantitative estimate of drug-likeness (QED) is 0.635. The maximum Gasteiger partial charge on any atom is 0.123 e. The molecule has 1 N–H and O–H groups in total. The molecule has 26 heavy (non-hydrogen) atoms. The number of anilines is 1. The summed E-state index contributed by atoms with van der Waals surface area (Å²) in [4.78, 5) is 4.63. The molecule has 0 unspecified atom stereocenters. The van der Waals surface area contributed by atoms with Crippen molar-refractivity contribution in [2.45, 2.75) is 33.8 Å². The number of rotatable bonds is 6. The number of aryl methyl sites for hydroxylation is 3. The summed E-state index contributed by atoms with van der Waals surface area (Å²) in [6.07, 6.45) is 0.918.